The zero-order chi connectivity index (χ0) is 12.4. The van der Waals surface area contributed by atoms with E-state index in [-0.39, 0.29) is 11.2 Å². The van der Waals surface area contributed by atoms with Gasteiger partial charge in [-0.1, -0.05) is 11.8 Å². The van der Waals surface area contributed by atoms with Crippen molar-refractivity contribution in [2.75, 3.05) is 6.61 Å². The van der Waals surface area contributed by atoms with Crippen LogP contribution >= 0.6 is 11.8 Å². The van der Waals surface area contributed by atoms with Gasteiger partial charge in [0.1, 0.15) is 16.3 Å². The Bertz CT molecular complexity index is 508. The fourth-order valence-corrected chi connectivity index (χ4v) is 2.91. The highest BCUT2D eigenvalue weighted by Crippen LogP contribution is 2.31. The molecule has 1 aromatic heterocycles. The molecule has 0 radical (unpaired) electrons. The number of hydrogen-bond donors (Lipinski definition) is 0. The number of carbonyl (C=O) groups excluding carboxylic acids is 1. The monoisotopic (exact) mass is 248 g/mol. The van der Waals surface area contributed by atoms with Crippen LogP contribution in [-0.2, 0) is 9.53 Å². The van der Waals surface area contributed by atoms with Crippen LogP contribution in [0.25, 0.3) is 0 Å². The van der Waals surface area contributed by atoms with Gasteiger partial charge in [0.15, 0.2) is 0 Å². The molecule has 1 aromatic rings. The zero-order valence-electron chi connectivity index (χ0n) is 9.69. The number of aromatic nitrogens is 1. The molecule has 17 heavy (non-hydrogen) atoms. The molecule has 0 N–H and O–H groups in total. The summed E-state index contributed by atoms with van der Waals surface area (Å²) in [5.41, 5.74) is 2.31. The van der Waals surface area contributed by atoms with E-state index in [1.165, 1.54) is 11.8 Å². The van der Waals surface area contributed by atoms with Crippen LogP contribution in [0.2, 0.25) is 0 Å². The first-order valence-electron chi connectivity index (χ1n) is 5.33. The lowest BCUT2D eigenvalue weighted by Crippen LogP contribution is -2.10. The molecule has 0 unspecified atom stereocenters. The number of rotatable bonds is 2. The third-order valence-electron chi connectivity index (χ3n) is 2.56. The Hall–Kier alpha value is -1.54. The van der Waals surface area contributed by atoms with Gasteiger partial charge in [-0.15, -0.1) is 0 Å². The van der Waals surface area contributed by atoms with E-state index in [9.17, 15) is 4.79 Å². The van der Waals surface area contributed by atoms with E-state index >= 15 is 0 Å². The van der Waals surface area contributed by atoms with E-state index in [1.807, 2.05) is 19.9 Å². The summed E-state index contributed by atoms with van der Waals surface area (Å²) in [6.07, 6.45) is 0.684. The molecule has 1 atom stereocenters. The van der Waals surface area contributed by atoms with Crippen molar-refractivity contribution in [3.8, 4) is 6.07 Å². The Kier molecular flexibility index (Phi) is 3.34. The average Bonchev–Trinajstić information content (AvgIpc) is 2.64. The molecule has 0 bridgehead atoms. The molecule has 0 aliphatic carbocycles. The molecule has 0 saturated carbocycles. The molecule has 1 aliphatic rings. The second-order valence-corrected chi connectivity index (χ2v) is 5.13. The lowest BCUT2D eigenvalue weighted by molar-refractivity contribution is -0.137. The van der Waals surface area contributed by atoms with Crippen LogP contribution in [0.5, 0.6) is 0 Å². The molecule has 1 saturated heterocycles. The second kappa shape index (κ2) is 4.76. The SMILES string of the molecule is Cc1cc(C)c(C#N)c(S[C@@H]2CCOC2=O)n1. The topological polar surface area (TPSA) is 63.0 Å². The zero-order valence-corrected chi connectivity index (χ0v) is 10.5. The van der Waals surface area contributed by atoms with Gasteiger partial charge in [0.05, 0.1) is 12.2 Å². The Morgan fingerprint density at radius 3 is 2.94 bits per heavy atom. The minimum Gasteiger partial charge on any atom is -0.465 e. The predicted molar refractivity (Wildman–Crippen MR) is 63.6 cm³/mol. The van der Waals surface area contributed by atoms with Crippen molar-refractivity contribution in [3.63, 3.8) is 0 Å². The van der Waals surface area contributed by atoms with Gasteiger partial charge in [0.25, 0.3) is 0 Å². The molecule has 1 fully saturated rings. The van der Waals surface area contributed by atoms with Crippen molar-refractivity contribution in [3.05, 3.63) is 22.9 Å². The van der Waals surface area contributed by atoms with Crippen molar-refractivity contribution in [1.82, 2.24) is 4.98 Å². The first kappa shape index (κ1) is 11.9. The number of ether oxygens (including phenoxy) is 1. The van der Waals surface area contributed by atoms with Gasteiger partial charge >= 0.3 is 5.97 Å². The van der Waals surface area contributed by atoms with E-state index in [0.717, 1.165) is 11.3 Å². The predicted octanol–water partition coefficient (Wildman–Crippen LogP) is 1.98. The summed E-state index contributed by atoms with van der Waals surface area (Å²) in [6, 6.07) is 4.02. The summed E-state index contributed by atoms with van der Waals surface area (Å²) in [5.74, 6) is -0.208. The van der Waals surface area contributed by atoms with E-state index < -0.39 is 0 Å². The number of nitriles is 1. The van der Waals surface area contributed by atoms with Crippen molar-refractivity contribution < 1.29 is 9.53 Å². The minimum absolute atomic E-state index is 0.208. The third-order valence-corrected chi connectivity index (χ3v) is 3.80. The lowest BCUT2D eigenvalue weighted by atomic mass is 10.1. The van der Waals surface area contributed by atoms with Crippen LogP contribution in [-0.4, -0.2) is 22.8 Å². The smallest absolute Gasteiger partial charge is 0.319 e. The third kappa shape index (κ3) is 2.42. The number of cyclic esters (lactones) is 1. The van der Waals surface area contributed by atoms with Gasteiger partial charge in [0, 0.05) is 12.1 Å². The van der Waals surface area contributed by atoms with Crippen molar-refractivity contribution >= 4 is 17.7 Å². The molecule has 2 heterocycles. The van der Waals surface area contributed by atoms with E-state index in [0.29, 0.717) is 23.6 Å². The molecule has 88 valence electrons. The highest BCUT2D eigenvalue weighted by atomic mass is 32.2. The fraction of sp³-hybridized carbons (Fsp3) is 0.417. The van der Waals surface area contributed by atoms with Gasteiger partial charge in [-0.2, -0.15) is 5.26 Å². The van der Waals surface area contributed by atoms with Gasteiger partial charge in [-0.05, 0) is 25.5 Å². The highest BCUT2D eigenvalue weighted by molar-refractivity contribution is 8.00. The number of hydrogen-bond acceptors (Lipinski definition) is 5. The number of pyridine rings is 1. The Morgan fingerprint density at radius 2 is 2.35 bits per heavy atom. The standard InChI is InChI=1S/C12H12N2O2S/c1-7-5-8(2)14-11(9(7)6-13)17-10-3-4-16-12(10)15/h5,10H,3-4H2,1-2H3/t10-/m1/s1. The first-order chi connectivity index (χ1) is 8.11. The number of esters is 1. The summed E-state index contributed by atoms with van der Waals surface area (Å²) in [6.45, 7) is 4.22. The maximum Gasteiger partial charge on any atom is 0.319 e. The second-order valence-electron chi connectivity index (χ2n) is 3.94. The number of nitrogens with zero attached hydrogens (tertiary/aromatic N) is 2. The Morgan fingerprint density at radius 1 is 1.59 bits per heavy atom. The van der Waals surface area contributed by atoms with Crippen LogP contribution in [0.1, 0.15) is 23.2 Å². The molecule has 0 spiro atoms. The van der Waals surface area contributed by atoms with Crippen LogP contribution < -0.4 is 0 Å². The van der Waals surface area contributed by atoms with Gasteiger partial charge in [0.2, 0.25) is 0 Å². The number of aryl methyl sites for hydroxylation is 2. The number of carbonyl (C=O) groups is 1. The van der Waals surface area contributed by atoms with Gasteiger partial charge in [-0.25, -0.2) is 4.98 Å². The molecule has 0 aromatic carbocycles. The maximum atomic E-state index is 11.4. The molecule has 0 amide bonds. The fourth-order valence-electron chi connectivity index (χ4n) is 1.74. The van der Waals surface area contributed by atoms with Crippen LogP contribution in [0.15, 0.2) is 11.1 Å². The molecule has 2 rings (SSSR count). The molecule has 4 nitrogen and oxygen atoms in total. The van der Waals surface area contributed by atoms with Crippen molar-refractivity contribution in [2.24, 2.45) is 0 Å². The Balaban J connectivity index is 2.32. The van der Waals surface area contributed by atoms with Crippen LogP contribution in [0.4, 0.5) is 0 Å². The molecule has 5 heteroatoms. The summed E-state index contributed by atoms with van der Waals surface area (Å²) >= 11 is 1.33. The van der Waals surface area contributed by atoms with Crippen molar-refractivity contribution in [1.29, 1.82) is 5.26 Å². The van der Waals surface area contributed by atoms with Crippen LogP contribution in [0.3, 0.4) is 0 Å². The summed E-state index contributed by atoms with van der Waals surface area (Å²) < 4.78 is 4.90. The summed E-state index contributed by atoms with van der Waals surface area (Å²) in [7, 11) is 0. The Labute approximate surface area is 104 Å². The summed E-state index contributed by atoms with van der Waals surface area (Å²) in [5, 5.41) is 9.52. The molecular weight excluding hydrogens is 236 g/mol. The highest BCUT2D eigenvalue weighted by Gasteiger charge is 2.29. The average molecular weight is 248 g/mol. The van der Waals surface area contributed by atoms with E-state index in [2.05, 4.69) is 11.1 Å². The van der Waals surface area contributed by atoms with Gasteiger partial charge < -0.3 is 4.74 Å². The largest absolute Gasteiger partial charge is 0.465 e. The lowest BCUT2D eigenvalue weighted by Gasteiger charge is -2.09. The first-order valence-corrected chi connectivity index (χ1v) is 6.21. The van der Waals surface area contributed by atoms with Crippen molar-refractivity contribution in [2.45, 2.75) is 30.5 Å². The van der Waals surface area contributed by atoms with Crippen LogP contribution in [0, 0.1) is 25.2 Å². The van der Waals surface area contributed by atoms with E-state index in [4.69, 9.17) is 10.00 Å². The minimum atomic E-state index is -0.226. The quantitative estimate of drug-likeness (QED) is 0.749. The molecular formula is C12H12N2O2S. The maximum absolute atomic E-state index is 11.4. The van der Waals surface area contributed by atoms with E-state index in [1.54, 1.807) is 0 Å². The number of thioether (sulfide) groups is 1. The normalized spacial score (nSPS) is 18.9. The molecule has 1 aliphatic heterocycles. The summed E-state index contributed by atoms with van der Waals surface area (Å²) in [4.78, 5) is 15.7. The van der Waals surface area contributed by atoms with Gasteiger partial charge in [-0.3, -0.25) is 4.79 Å².